The maximum Gasteiger partial charge on any atom is 0.305 e. The van der Waals surface area contributed by atoms with Gasteiger partial charge in [-0.15, -0.1) is 0 Å². The summed E-state index contributed by atoms with van der Waals surface area (Å²) in [6.45, 7) is 4.96. The largest absolute Gasteiger partial charge is 0.466 e. The van der Waals surface area contributed by atoms with Crippen molar-refractivity contribution in [2.75, 3.05) is 13.2 Å². The van der Waals surface area contributed by atoms with E-state index in [1.54, 1.807) is 6.08 Å². The van der Waals surface area contributed by atoms with Gasteiger partial charge < -0.3 is 20.3 Å². The van der Waals surface area contributed by atoms with E-state index in [-0.39, 0.29) is 18.5 Å². The molecule has 3 N–H and O–H groups in total. The third kappa shape index (κ3) is 69.3. The van der Waals surface area contributed by atoms with Gasteiger partial charge in [0, 0.05) is 12.8 Å². The summed E-state index contributed by atoms with van der Waals surface area (Å²) in [7, 11) is 0. The number of nitrogens with one attached hydrogen (secondary N) is 1. The van der Waals surface area contributed by atoms with E-state index >= 15 is 0 Å². The molecule has 0 saturated carbocycles. The predicted octanol–water partition coefficient (Wildman–Crippen LogP) is 24.9. The van der Waals surface area contributed by atoms with E-state index in [9.17, 15) is 19.8 Å². The van der Waals surface area contributed by atoms with Crippen molar-refractivity contribution in [2.45, 2.75) is 443 Å². The van der Waals surface area contributed by atoms with Crippen molar-refractivity contribution in [2.24, 2.45) is 0 Å². The number of esters is 1. The Morgan fingerprint density at radius 2 is 0.566 bits per heavy atom. The first-order chi connectivity index (χ1) is 41.0. The monoisotopic (exact) mass is 1170 g/mol. The molecular weight excluding hydrogens is 1020 g/mol. The molecule has 0 aromatic carbocycles. The van der Waals surface area contributed by atoms with Crippen LogP contribution in [0.3, 0.4) is 0 Å². The van der Waals surface area contributed by atoms with Crippen molar-refractivity contribution >= 4 is 11.9 Å². The van der Waals surface area contributed by atoms with Gasteiger partial charge in [0.25, 0.3) is 0 Å². The standard InChI is InChI=1S/C77H149NO5/c1-3-5-7-9-11-13-15-17-19-21-22-23-32-35-38-41-45-49-53-57-61-65-69-75(80)74(73-79)78-76(81)70-66-62-58-54-50-46-42-39-36-33-30-28-26-24-25-27-29-31-34-37-40-44-48-52-56-60-64-68-72-83-77(82)71-67-63-59-55-51-47-43-20-18-16-14-12-10-8-6-4-2/h24-25,65,69,74-75,79-80H,3-23,26-64,66-68,70-73H2,1-2H3,(H,78,81)/b25-24-,69-65+. The van der Waals surface area contributed by atoms with E-state index in [4.69, 9.17) is 4.74 Å². The van der Waals surface area contributed by atoms with Crippen LogP contribution in [0.5, 0.6) is 0 Å². The first-order valence-corrected chi connectivity index (χ1v) is 38.1. The second-order valence-corrected chi connectivity index (χ2v) is 26.3. The highest BCUT2D eigenvalue weighted by atomic mass is 16.5. The molecule has 0 aromatic heterocycles. The van der Waals surface area contributed by atoms with Gasteiger partial charge in [0.2, 0.25) is 5.91 Å². The van der Waals surface area contributed by atoms with Gasteiger partial charge in [-0.25, -0.2) is 0 Å². The van der Waals surface area contributed by atoms with Crippen LogP contribution in [0.4, 0.5) is 0 Å². The molecule has 1 amide bonds. The summed E-state index contributed by atoms with van der Waals surface area (Å²) >= 11 is 0. The van der Waals surface area contributed by atoms with Gasteiger partial charge in [-0.1, -0.05) is 385 Å². The van der Waals surface area contributed by atoms with E-state index in [1.807, 2.05) is 6.08 Å². The fraction of sp³-hybridized carbons (Fsp3) is 0.922. The number of rotatable bonds is 72. The maximum absolute atomic E-state index is 12.5. The molecule has 2 atom stereocenters. The van der Waals surface area contributed by atoms with E-state index in [0.29, 0.717) is 19.4 Å². The predicted molar refractivity (Wildman–Crippen MR) is 366 cm³/mol. The first kappa shape index (κ1) is 81.3. The zero-order chi connectivity index (χ0) is 59.9. The number of aliphatic hydroxyl groups is 2. The zero-order valence-electron chi connectivity index (χ0n) is 56.5. The van der Waals surface area contributed by atoms with E-state index in [2.05, 4.69) is 31.3 Å². The third-order valence-electron chi connectivity index (χ3n) is 18.0. The van der Waals surface area contributed by atoms with Crippen LogP contribution in [0.1, 0.15) is 431 Å². The van der Waals surface area contributed by atoms with Gasteiger partial charge in [0.15, 0.2) is 0 Å². The smallest absolute Gasteiger partial charge is 0.305 e. The molecule has 6 heteroatoms. The van der Waals surface area contributed by atoms with Crippen molar-refractivity contribution in [1.82, 2.24) is 5.32 Å². The fourth-order valence-electron chi connectivity index (χ4n) is 12.2. The summed E-state index contributed by atoms with van der Waals surface area (Å²) < 4.78 is 5.51. The van der Waals surface area contributed by atoms with E-state index < -0.39 is 12.1 Å². The van der Waals surface area contributed by atoms with Gasteiger partial charge in [-0.2, -0.15) is 0 Å². The molecule has 0 fully saturated rings. The molecule has 0 aromatic rings. The third-order valence-corrected chi connectivity index (χ3v) is 18.0. The Labute approximate surface area is 520 Å². The summed E-state index contributed by atoms with van der Waals surface area (Å²) in [6, 6.07) is -0.629. The molecule has 0 bridgehead atoms. The Balaban J connectivity index is 3.39. The Morgan fingerprint density at radius 3 is 0.855 bits per heavy atom. The molecule has 0 heterocycles. The lowest BCUT2D eigenvalue weighted by atomic mass is 10.0. The highest BCUT2D eigenvalue weighted by molar-refractivity contribution is 5.76. The molecule has 492 valence electrons. The number of unbranched alkanes of at least 4 members (excludes halogenated alkanes) is 59. The molecule has 0 aliphatic heterocycles. The summed E-state index contributed by atoms with van der Waals surface area (Å²) in [5.41, 5.74) is 0. The van der Waals surface area contributed by atoms with Gasteiger partial charge in [0.1, 0.15) is 0 Å². The van der Waals surface area contributed by atoms with Crippen LogP contribution in [0, 0.1) is 0 Å². The number of allylic oxidation sites excluding steroid dienone is 3. The van der Waals surface area contributed by atoms with E-state index in [0.717, 1.165) is 38.5 Å². The fourth-order valence-corrected chi connectivity index (χ4v) is 12.2. The minimum Gasteiger partial charge on any atom is -0.466 e. The number of ether oxygens (including phenoxy) is 1. The molecule has 0 saturated heterocycles. The summed E-state index contributed by atoms with van der Waals surface area (Å²) in [4.78, 5) is 24.6. The number of aliphatic hydroxyl groups excluding tert-OH is 2. The zero-order valence-corrected chi connectivity index (χ0v) is 56.5. The molecule has 0 radical (unpaired) electrons. The van der Waals surface area contributed by atoms with Crippen LogP contribution in [0.25, 0.3) is 0 Å². The minimum atomic E-state index is -0.845. The van der Waals surface area contributed by atoms with Crippen molar-refractivity contribution in [3.63, 3.8) is 0 Å². The number of carbonyl (C=O) groups excluding carboxylic acids is 2. The lowest BCUT2D eigenvalue weighted by molar-refractivity contribution is -0.143. The molecule has 83 heavy (non-hydrogen) atoms. The van der Waals surface area contributed by atoms with Crippen molar-refractivity contribution < 1.29 is 24.5 Å². The minimum absolute atomic E-state index is 0.0199. The number of amides is 1. The van der Waals surface area contributed by atoms with Crippen molar-refractivity contribution in [1.29, 1.82) is 0 Å². The number of hydrogen-bond acceptors (Lipinski definition) is 5. The molecule has 0 aliphatic rings. The quantitative estimate of drug-likeness (QED) is 0.0320. The normalized spacial score (nSPS) is 12.6. The van der Waals surface area contributed by atoms with Crippen molar-refractivity contribution in [3.05, 3.63) is 24.3 Å². The van der Waals surface area contributed by atoms with Gasteiger partial charge in [0.05, 0.1) is 25.4 Å². The Hall–Kier alpha value is -1.66. The number of carbonyl (C=O) groups is 2. The summed E-state index contributed by atoms with van der Waals surface area (Å²) in [5.74, 6) is -0.0433. The highest BCUT2D eigenvalue weighted by Crippen LogP contribution is 2.19. The van der Waals surface area contributed by atoms with Crippen LogP contribution in [-0.2, 0) is 14.3 Å². The average molecular weight is 1170 g/mol. The van der Waals surface area contributed by atoms with Crippen LogP contribution in [0.2, 0.25) is 0 Å². The summed E-state index contributed by atoms with van der Waals surface area (Å²) in [6.07, 6.45) is 92.8. The molecule has 0 aliphatic carbocycles. The highest BCUT2D eigenvalue weighted by Gasteiger charge is 2.18. The van der Waals surface area contributed by atoms with Crippen LogP contribution in [0.15, 0.2) is 24.3 Å². The van der Waals surface area contributed by atoms with Crippen molar-refractivity contribution in [3.8, 4) is 0 Å². The van der Waals surface area contributed by atoms with Gasteiger partial charge >= 0.3 is 5.97 Å². The lowest BCUT2D eigenvalue weighted by Crippen LogP contribution is -2.45. The average Bonchev–Trinajstić information content (AvgIpc) is 3.49. The van der Waals surface area contributed by atoms with Crippen LogP contribution < -0.4 is 5.32 Å². The second kappa shape index (κ2) is 72.8. The molecule has 0 spiro atoms. The molecule has 2 unspecified atom stereocenters. The molecule has 0 rings (SSSR count). The van der Waals surface area contributed by atoms with Crippen LogP contribution >= 0.6 is 0 Å². The topological polar surface area (TPSA) is 95.9 Å². The van der Waals surface area contributed by atoms with Gasteiger partial charge in [-0.3, -0.25) is 9.59 Å². The Morgan fingerprint density at radius 1 is 0.325 bits per heavy atom. The first-order valence-electron chi connectivity index (χ1n) is 38.1. The van der Waals surface area contributed by atoms with E-state index in [1.165, 1.54) is 366 Å². The lowest BCUT2D eigenvalue weighted by Gasteiger charge is -2.20. The van der Waals surface area contributed by atoms with Crippen LogP contribution in [-0.4, -0.2) is 47.4 Å². The summed E-state index contributed by atoms with van der Waals surface area (Å²) in [5, 5.41) is 23.3. The molecular formula is C77H149NO5. The Kier molecular flexibility index (Phi) is 71.4. The molecule has 6 nitrogen and oxygen atoms in total. The maximum atomic E-state index is 12.5. The number of hydrogen-bond donors (Lipinski definition) is 3. The van der Waals surface area contributed by atoms with Gasteiger partial charge in [-0.05, 0) is 57.8 Å². The second-order valence-electron chi connectivity index (χ2n) is 26.3. The SMILES string of the molecule is CCCCCCCCCCCCCCCCCCCCCC/C=C/C(O)C(CO)NC(=O)CCCCCCCCCCCCCC/C=C\CCCCCCCCCCCCCCOC(=O)CCCCCCCCCCCCCCCCCC. The Bertz CT molecular complexity index is 1300.